The van der Waals surface area contributed by atoms with Crippen molar-refractivity contribution in [1.82, 2.24) is 0 Å². The number of hydrogen-bond donors (Lipinski definition) is 0. The van der Waals surface area contributed by atoms with Crippen LogP contribution in [-0.4, -0.2) is 5.97 Å². The molecule has 0 aromatic heterocycles. The molecule has 17 heavy (non-hydrogen) atoms. The fourth-order valence-corrected chi connectivity index (χ4v) is 1.25. The largest absolute Gasteiger partial charge is 0.460 e. The normalized spacial score (nSPS) is 12.6. The van der Waals surface area contributed by atoms with Crippen molar-refractivity contribution in [3.05, 3.63) is 35.9 Å². The van der Waals surface area contributed by atoms with Gasteiger partial charge in [-0.05, 0) is 26.3 Å². The van der Waals surface area contributed by atoms with E-state index >= 15 is 0 Å². The van der Waals surface area contributed by atoms with E-state index in [4.69, 9.17) is 10.00 Å². The van der Waals surface area contributed by atoms with Gasteiger partial charge < -0.3 is 4.74 Å². The first-order valence-electron chi connectivity index (χ1n) is 5.59. The highest BCUT2D eigenvalue weighted by Crippen LogP contribution is 2.27. The average molecular weight is 231 g/mol. The van der Waals surface area contributed by atoms with E-state index in [0.717, 1.165) is 5.56 Å². The van der Waals surface area contributed by atoms with E-state index in [0.29, 0.717) is 0 Å². The number of rotatable bonds is 4. The van der Waals surface area contributed by atoms with Crippen molar-refractivity contribution < 1.29 is 9.53 Å². The third kappa shape index (κ3) is 3.32. The Morgan fingerprint density at radius 2 is 2.00 bits per heavy atom. The fourth-order valence-electron chi connectivity index (χ4n) is 1.25. The van der Waals surface area contributed by atoms with Crippen LogP contribution in [0.25, 0.3) is 0 Å². The molecule has 3 heteroatoms. The highest BCUT2D eigenvalue weighted by Gasteiger charge is 2.35. The molecule has 90 valence electrons. The first-order chi connectivity index (χ1) is 7.98. The summed E-state index contributed by atoms with van der Waals surface area (Å²) in [4.78, 5) is 11.9. The maximum absolute atomic E-state index is 11.9. The quantitative estimate of drug-likeness (QED) is 0.748. The molecular formula is C14H17NO2. The van der Waals surface area contributed by atoms with Gasteiger partial charge in [0.25, 0.3) is 0 Å². The second-order valence-electron chi connectivity index (χ2n) is 4.63. The minimum atomic E-state index is -0.774. The Balaban J connectivity index is 2.59. The zero-order valence-electron chi connectivity index (χ0n) is 10.4. The first kappa shape index (κ1) is 13.2. The molecule has 1 unspecified atom stereocenters. The number of ether oxygens (including phenoxy) is 1. The van der Waals surface area contributed by atoms with Crippen molar-refractivity contribution in [2.24, 2.45) is 11.3 Å². The van der Waals surface area contributed by atoms with Gasteiger partial charge in [-0.25, -0.2) is 0 Å². The standard InChI is InChI=1S/C14H17NO2/c1-11(9-15)14(2,3)13(16)17-10-12-7-5-4-6-8-12/h4-8,11H,10H2,1-3H3. The van der Waals surface area contributed by atoms with E-state index in [1.807, 2.05) is 30.3 Å². The van der Waals surface area contributed by atoms with Gasteiger partial charge in [-0.15, -0.1) is 0 Å². The number of benzene rings is 1. The number of nitriles is 1. The predicted octanol–water partition coefficient (Wildman–Crippen LogP) is 2.92. The molecule has 0 aliphatic heterocycles. The van der Waals surface area contributed by atoms with Crippen LogP contribution in [0, 0.1) is 22.7 Å². The van der Waals surface area contributed by atoms with Gasteiger partial charge in [-0.1, -0.05) is 30.3 Å². The third-order valence-electron chi connectivity index (χ3n) is 3.02. The van der Waals surface area contributed by atoms with Crippen LogP contribution in [0.3, 0.4) is 0 Å². The van der Waals surface area contributed by atoms with Crippen molar-refractivity contribution in [1.29, 1.82) is 5.26 Å². The topological polar surface area (TPSA) is 50.1 Å². The third-order valence-corrected chi connectivity index (χ3v) is 3.02. The van der Waals surface area contributed by atoms with Crippen LogP contribution in [0.2, 0.25) is 0 Å². The highest BCUT2D eigenvalue weighted by molar-refractivity contribution is 5.76. The van der Waals surface area contributed by atoms with Gasteiger partial charge in [0, 0.05) is 0 Å². The molecule has 0 spiro atoms. The van der Waals surface area contributed by atoms with Crippen LogP contribution < -0.4 is 0 Å². The lowest BCUT2D eigenvalue weighted by molar-refractivity contribution is -0.157. The Morgan fingerprint density at radius 3 is 2.53 bits per heavy atom. The van der Waals surface area contributed by atoms with E-state index in [1.165, 1.54) is 0 Å². The summed E-state index contributed by atoms with van der Waals surface area (Å²) in [7, 11) is 0. The van der Waals surface area contributed by atoms with Gasteiger partial charge in [-0.3, -0.25) is 4.79 Å². The average Bonchev–Trinajstić information content (AvgIpc) is 2.35. The van der Waals surface area contributed by atoms with E-state index in [-0.39, 0.29) is 18.5 Å². The van der Waals surface area contributed by atoms with Crippen LogP contribution >= 0.6 is 0 Å². The summed E-state index contributed by atoms with van der Waals surface area (Å²) in [6, 6.07) is 11.6. The molecule has 0 bridgehead atoms. The van der Waals surface area contributed by atoms with Crippen molar-refractivity contribution in [3.8, 4) is 6.07 Å². The summed E-state index contributed by atoms with van der Waals surface area (Å²) < 4.78 is 5.23. The Bertz CT molecular complexity index is 418. The lowest BCUT2D eigenvalue weighted by Crippen LogP contribution is -2.32. The van der Waals surface area contributed by atoms with Gasteiger partial charge in [-0.2, -0.15) is 5.26 Å². The fraction of sp³-hybridized carbons (Fsp3) is 0.429. The Hall–Kier alpha value is -1.82. The van der Waals surface area contributed by atoms with E-state index in [1.54, 1.807) is 20.8 Å². The zero-order chi connectivity index (χ0) is 12.9. The molecule has 0 amide bonds. The molecule has 1 atom stereocenters. The Labute approximate surface area is 102 Å². The minimum absolute atomic E-state index is 0.251. The molecule has 1 rings (SSSR count). The summed E-state index contributed by atoms with van der Waals surface area (Å²) in [6.45, 7) is 5.44. The maximum atomic E-state index is 11.9. The smallest absolute Gasteiger partial charge is 0.313 e. The van der Waals surface area contributed by atoms with Crippen molar-refractivity contribution in [2.45, 2.75) is 27.4 Å². The lowest BCUT2D eigenvalue weighted by Gasteiger charge is -2.24. The minimum Gasteiger partial charge on any atom is -0.460 e. The van der Waals surface area contributed by atoms with Gasteiger partial charge in [0.2, 0.25) is 0 Å². The molecule has 0 aliphatic rings. The molecule has 0 saturated heterocycles. The molecule has 0 heterocycles. The summed E-state index contributed by atoms with van der Waals surface area (Å²) in [6.07, 6.45) is 0. The van der Waals surface area contributed by atoms with E-state index < -0.39 is 5.41 Å². The monoisotopic (exact) mass is 231 g/mol. The molecule has 0 aliphatic carbocycles. The van der Waals surface area contributed by atoms with Crippen molar-refractivity contribution in [2.75, 3.05) is 0 Å². The lowest BCUT2D eigenvalue weighted by atomic mass is 9.81. The molecule has 0 fully saturated rings. The van der Waals surface area contributed by atoms with Crippen molar-refractivity contribution >= 4 is 5.97 Å². The summed E-state index contributed by atoms with van der Waals surface area (Å²) >= 11 is 0. The number of esters is 1. The molecule has 1 aromatic carbocycles. The molecule has 3 nitrogen and oxygen atoms in total. The van der Waals surface area contributed by atoms with Crippen LogP contribution in [0.1, 0.15) is 26.3 Å². The second-order valence-corrected chi connectivity index (χ2v) is 4.63. The van der Waals surface area contributed by atoms with Gasteiger partial charge in [0.05, 0.1) is 17.4 Å². The van der Waals surface area contributed by atoms with Gasteiger partial charge in [0.15, 0.2) is 0 Å². The van der Waals surface area contributed by atoms with Gasteiger partial charge >= 0.3 is 5.97 Å². The first-order valence-corrected chi connectivity index (χ1v) is 5.59. The number of hydrogen-bond acceptors (Lipinski definition) is 3. The molecule has 0 saturated carbocycles. The van der Waals surface area contributed by atoms with Crippen LogP contribution in [0.5, 0.6) is 0 Å². The number of carbonyl (C=O) groups excluding carboxylic acids is 1. The van der Waals surface area contributed by atoms with Crippen LogP contribution in [-0.2, 0) is 16.1 Å². The van der Waals surface area contributed by atoms with E-state index in [9.17, 15) is 4.79 Å². The number of carbonyl (C=O) groups is 1. The maximum Gasteiger partial charge on any atom is 0.313 e. The molecular weight excluding hydrogens is 214 g/mol. The molecule has 0 radical (unpaired) electrons. The van der Waals surface area contributed by atoms with Crippen LogP contribution in [0.15, 0.2) is 30.3 Å². The second kappa shape index (κ2) is 5.49. The SMILES string of the molecule is CC(C#N)C(C)(C)C(=O)OCc1ccccc1. The van der Waals surface area contributed by atoms with Crippen molar-refractivity contribution in [3.63, 3.8) is 0 Å². The highest BCUT2D eigenvalue weighted by atomic mass is 16.5. The summed E-state index contributed by atoms with van der Waals surface area (Å²) in [5.41, 5.74) is 0.171. The Morgan fingerprint density at radius 1 is 1.41 bits per heavy atom. The molecule has 0 N–H and O–H groups in total. The summed E-state index contributed by atoms with van der Waals surface area (Å²) in [5, 5.41) is 8.85. The zero-order valence-corrected chi connectivity index (χ0v) is 10.4. The predicted molar refractivity (Wildman–Crippen MR) is 64.8 cm³/mol. The summed E-state index contributed by atoms with van der Waals surface area (Å²) in [5.74, 6) is -0.707. The van der Waals surface area contributed by atoms with Crippen LogP contribution in [0.4, 0.5) is 0 Å². The van der Waals surface area contributed by atoms with E-state index in [2.05, 4.69) is 6.07 Å². The van der Waals surface area contributed by atoms with Gasteiger partial charge in [0.1, 0.15) is 6.61 Å². The number of nitrogens with zero attached hydrogens (tertiary/aromatic N) is 1. The Kier molecular flexibility index (Phi) is 4.28. The molecule has 1 aromatic rings.